The molecule has 1 aromatic rings. The van der Waals surface area contributed by atoms with Crippen LogP contribution in [0.25, 0.3) is 0 Å². The van der Waals surface area contributed by atoms with Crippen LogP contribution >= 0.6 is 31.9 Å². The van der Waals surface area contributed by atoms with Crippen molar-refractivity contribution in [3.05, 3.63) is 21.1 Å². The molecule has 114 valence electrons. The van der Waals surface area contributed by atoms with E-state index in [9.17, 15) is 16.8 Å². The Hall–Kier alpha value is -0.200. The van der Waals surface area contributed by atoms with Crippen molar-refractivity contribution in [2.75, 3.05) is 18.0 Å². The maximum atomic E-state index is 12.1. The molecule has 20 heavy (non-hydrogen) atoms. The minimum atomic E-state index is -3.79. The predicted molar refractivity (Wildman–Crippen MR) is 84.0 cm³/mol. The van der Waals surface area contributed by atoms with Crippen LogP contribution in [0.1, 0.15) is 6.42 Å². The topological polar surface area (TPSA) is 132 Å². The van der Waals surface area contributed by atoms with Gasteiger partial charge in [-0.2, -0.15) is 0 Å². The van der Waals surface area contributed by atoms with E-state index < -0.39 is 20.0 Å². The minimum Gasteiger partial charge on any atom is -0.399 e. The Kier molecular flexibility index (Phi) is 5.99. The van der Waals surface area contributed by atoms with Crippen molar-refractivity contribution in [3.8, 4) is 0 Å². The van der Waals surface area contributed by atoms with E-state index >= 15 is 0 Å². The van der Waals surface area contributed by atoms with Crippen LogP contribution in [0.15, 0.2) is 26.0 Å². The third-order valence-electron chi connectivity index (χ3n) is 2.19. The quantitative estimate of drug-likeness (QED) is 0.434. The monoisotopic (exact) mass is 449 g/mol. The minimum absolute atomic E-state index is 0.00213. The highest BCUT2D eigenvalue weighted by molar-refractivity contribution is 9.11. The largest absolute Gasteiger partial charge is 0.399 e. The van der Waals surface area contributed by atoms with Crippen LogP contribution in [0.4, 0.5) is 5.69 Å². The van der Waals surface area contributed by atoms with Crippen molar-refractivity contribution in [1.82, 2.24) is 4.72 Å². The molecule has 0 fully saturated rings. The van der Waals surface area contributed by atoms with E-state index in [1.54, 1.807) is 0 Å². The van der Waals surface area contributed by atoms with E-state index in [-0.39, 0.29) is 23.6 Å². The molecule has 0 radical (unpaired) electrons. The average Bonchev–Trinajstić information content (AvgIpc) is 2.21. The van der Waals surface area contributed by atoms with Crippen LogP contribution in [0, 0.1) is 0 Å². The van der Waals surface area contributed by atoms with E-state index in [1.807, 2.05) is 0 Å². The summed E-state index contributed by atoms with van der Waals surface area (Å²) in [4.78, 5) is 0.00213. The van der Waals surface area contributed by atoms with E-state index in [4.69, 9.17) is 10.9 Å². The van der Waals surface area contributed by atoms with E-state index in [1.165, 1.54) is 12.1 Å². The predicted octanol–water partition coefficient (Wildman–Crippen LogP) is 0.751. The zero-order valence-corrected chi connectivity index (χ0v) is 14.9. The molecule has 0 saturated heterocycles. The zero-order valence-electron chi connectivity index (χ0n) is 10.1. The summed E-state index contributed by atoms with van der Waals surface area (Å²) in [5.74, 6) is -0.292. The molecular formula is C9H13Br2N3O4S2. The molecule has 0 spiro atoms. The number of benzene rings is 1. The number of sulfonamides is 2. The summed E-state index contributed by atoms with van der Waals surface area (Å²) in [6.07, 6.45) is 0.0856. The molecule has 0 aliphatic rings. The number of primary sulfonamides is 1. The molecule has 0 aliphatic heterocycles. The fourth-order valence-electron chi connectivity index (χ4n) is 1.39. The summed E-state index contributed by atoms with van der Waals surface area (Å²) in [5, 5.41) is 4.83. The molecule has 0 aliphatic carbocycles. The number of anilines is 1. The molecule has 1 aromatic carbocycles. The van der Waals surface area contributed by atoms with E-state index in [2.05, 4.69) is 36.6 Å². The SMILES string of the molecule is Nc1cc(Br)c(S(=O)(=O)NCCCS(N)(=O)=O)c(Br)c1. The first-order valence-corrected chi connectivity index (χ1v) is 10.1. The van der Waals surface area contributed by atoms with Gasteiger partial charge < -0.3 is 5.73 Å². The van der Waals surface area contributed by atoms with Gasteiger partial charge in [0.05, 0.1) is 5.75 Å². The third kappa shape index (κ3) is 5.30. The van der Waals surface area contributed by atoms with Crippen LogP contribution in [-0.2, 0) is 20.0 Å². The first-order valence-electron chi connectivity index (χ1n) is 5.27. The van der Waals surface area contributed by atoms with Gasteiger partial charge in [0.15, 0.2) is 0 Å². The second-order valence-electron chi connectivity index (χ2n) is 3.93. The highest BCUT2D eigenvalue weighted by atomic mass is 79.9. The van der Waals surface area contributed by atoms with Gasteiger partial charge in [-0.05, 0) is 50.4 Å². The summed E-state index contributed by atoms with van der Waals surface area (Å²) in [6.45, 7) is -0.0397. The standard InChI is InChI=1S/C9H13Br2N3O4S2/c10-7-4-6(12)5-8(11)9(7)20(17,18)14-2-1-3-19(13,15)16/h4-5,14H,1-3,12H2,(H2,13,15,16). The average molecular weight is 451 g/mol. The summed E-state index contributed by atoms with van der Waals surface area (Å²) < 4.78 is 48.6. The van der Waals surface area contributed by atoms with Gasteiger partial charge in [0, 0.05) is 21.2 Å². The first kappa shape index (κ1) is 17.9. The lowest BCUT2D eigenvalue weighted by molar-refractivity contribution is 0.576. The maximum absolute atomic E-state index is 12.1. The lowest BCUT2D eigenvalue weighted by atomic mass is 10.3. The molecule has 0 aromatic heterocycles. The number of hydrogen-bond donors (Lipinski definition) is 3. The molecule has 7 nitrogen and oxygen atoms in total. The van der Waals surface area contributed by atoms with Crippen molar-refractivity contribution in [3.63, 3.8) is 0 Å². The van der Waals surface area contributed by atoms with Crippen LogP contribution in [-0.4, -0.2) is 29.1 Å². The fraction of sp³-hybridized carbons (Fsp3) is 0.333. The van der Waals surface area contributed by atoms with Crippen LogP contribution in [0.3, 0.4) is 0 Å². The Balaban J connectivity index is 2.85. The summed E-state index contributed by atoms with van der Waals surface area (Å²) in [7, 11) is -7.39. The van der Waals surface area contributed by atoms with Crippen LogP contribution in [0.5, 0.6) is 0 Å². The molecule has 0 bridgehead atoms. The smallest absolute Gasteiger partial charge is 0.242 e. The Morgan fingerprint density at radius 3 is 2.05 bits per heavy atom. The number of nitrogens with two attached hydrogens (primary N) is 2. The molecule has 0 amide bonds. The van der Waals surface area contributed by atoms with Gasteiger partial charge in [0.2, 0.25) is 20.0 Å². The Morgan fingerprint density at radius 2 is 1.60 bits per heavy atom. The molecule has 0 atom stereocenters. The Labute approximate surface area is 134 Å². The van der Waals surface area contributed by atoms with Gasteiger partial charge in [0.1, 0.15) is 4.90 Å². The number of halogens is 2. The van der Waals surface area contributed by atoms with E-state index in [0.29, 0.717) is 14.6 Å². The zero-order chi connectivity index (χ0) is 15.6. The van der Waals surface area contributed by atoms with Crippen molar-refractivity contribution < 1.29 is 16.8 Å². The second kappa shape index (κ2) is 6.71. The molecule has 0 heterocycles. The lowest BCUT2D eigenvalue weighted by Gasteiger charge is -2.11. The van der Waals surface area contributed by atoms with Crippen molar-refractivity contribution in [2.45, 2.75) is 11.3 Å². The van der Waals surface area contributed by atoms with Crippen molar-refractivity contribution in [2.24, 2.45) is 5.14 Å². The highest BCUT2D eigenvalue weighted by Gasteiger charge is 2.21. The maximum Gasteiger partial charge on any atom is 0.242 e. The number of rotatable bonds is 6. The molecule has 11 heteroatoms. The second-order valence-corrected chi connectivity index (χ2v) is 9.08. The van der Waals surface area contributed by atoms with Crippen LogP contribution in [0.2, 0.25) is 0 Å². The van der Waals surface area contributed by atoms with Crippen molar-refractivity contribution in [1.29, 1.82) is 0 Å². The number of nitrogen functional groups attached to an aromatic ring is 1. The Morgan fingerprint density at radius 1 is 1.10 bits per heavy atom. The molecule has 0 saturated carbocycles. The normalized spacial score (nSPS) is 12.6. The summed E-state index contributed by atoms with van der Waals surface area (Å²) in [5.41, 5.74) is 5.99. The molecular weight excluding hydrogens is 438 g/mol. The van der Waals surface area contributed by atoms with Gasteiger partial charge in [-0.25, -0.2) is 26.7 Å². The van der Waals surface area contributed by atoms with Gasteiger partial charge in [-0.1, -0.05) is 0 Å². The van der Waals surface area contributed by atoms with E-state index in [0.717, 1.165) is 0 Å². The van der Waals surface area contributed by atoms with Crippen molar-refractivity contribution >= 4 is 57.6 Å². The molecule has 5 N–H and O–H groups in total. The summed E-state index contributed by atoms with van der Waals surface area (Å²) in [6, 6.07) is 2.92. The molecule has 0 unspecified atom stereocenters. The summed E-state index contributed by atoms with van der Waals surface area (Å²) >= 11 is 6.26. The third-order valence-corrected chi connectivity index (χ3v) is 6.38. The number of nitrogens with one attached hydrogen (secondary N) is 1. The highest BCUT2D eigenvalue weighted by Crippen LogP contribution is 2.32. The Bertz CT molecular complexity index is 681. The van der Waals surface area contributed by atoms with Crippen LogP contribution < -0.4 is 15.6 Å². The lowest BCUT2D eigenvalue weighted by Crippen LogP contribution is -2.28. The van der Waals surface area contributed by atoms with Gasteiger partial charge >= 0.3 is 0 Å². The van der Waals surface area contributed by atoms with Gasteiger partial charge in [-0.3, -0.25) is 0 Å². The number of hydrogen-bond acceptors (Lipinski definition) is 5. The first-order chi connectivity index (χ1) is 9.03. The van der Waals surface area contributed by atoms with Gasteiger partial charge in [0.25, 0.3) is 0 Å². The molecule has 1 rings (SSSR count). The van der Waals surface area contributed by atoms with Gasteiger partial charge in [-0.15, -0.1) is 0 Å². The fourth-order valence-corrected chi connectivity index (χ4v) is 5.62.